The topological polar surface area (TPSA) is 231 Å². The molecule has 2 aliphatic heterocycles. The van der Waals surface area contributed by atoms with Crippen LogP contribution in [-0.2, 0) is 9.47 Å². The molecule has 2 saturated heterocycles. The average Bonchev–Trinajstić information content (AvgIpc) is 2.93. The summed E-state index contributed by atoms with van der Waals surface area (Å²) in [5.74, 6) is -1.74. The van der Waals surface area contributed by atoms with Gasteiger partial charge < -0.3 is 59.8 Å². The van der Waals surface area contributed by atoms with Crippen LogP contribution in [0.2, 0.25) is 0 Å². The van der Waals surface area contributed by atoms with E-state index in [0.29, 0.717) is 5.56 Å². The number of benzene rings is 2. The molecule has 13 nitrogen and oxygen atoms in total. The van der Waals surface area contributed by atoms with Gasteiger partial charge in [0.25, 0.3) is 0 Å². The lowest BCUT2D eigenvalue weighted by molar-refractivity contribution is -0.231. The van der Waals surface area contributed by atoms with Crippen molar-refractivity contribution in [2.24, 2.45) is 0 Å². The van der Waals surface area contributed by atoms with Crippen molar-refractivity contribution >= 4 is 11.0 Å². The number of fused-ring (bicyclic) bond motifs is 1. The Balaban J connectivity index is 1.81. The first-order valence-electron chi connectivity index (χ1n) is 12.1. The fourth-order valence-corrected chi connectivity index (χ4v) is 5.09. The van der Waals surface area contributed by atoms with Crippen molar-refractivity contribution in [1.29, 1.82) is 0 Å². The fourth-order valence-electron chi connectivity index (χ4n) is 5.09. The zero-order valence-corrected chi connectivity index (χ0v) is 20.2. The van der Waals surface area contributed by atoms with Crippen LogP contribution in [0.1, 0.15) is 23.3 Å². The van der Waals surface area contributed by atoms with E-state index >= 15 is 0 Å². The van der Waals surface area contributed by atoms with Crippen molar-refractivity contribution in [1.82, 2.24) is 0 Å². The Morgan fingerprint density at radius 1 is 0.795 bits per heavy atom. The largest absolute Gasteiger partial charge is 0.507 e. The molecule has 0 amide bonds. The first-order valence-corrected chi connectivity index (χ1v) is 12.1. The monoisotopic (exact) mass is 548 g/mol. The third kappa shape index (κ3) is 4.47. The van der Waals surface area contributed by atoms with Gasteiger partial charge in [0.15, 0.2) is 11.0 Å². The first-order chi connectivity index (χ1) is 18.6. The molecule has 210 valence electrons. The first kappa shape index (κ1) is 27.5. The summed E-state index contributed by atoms with van der Waals surface area (Å²) in [4.78, 5) is 13.4. The zero-order valence-electron chi connectivity index (χ0n) is 20.2. The highest BCUT2D eigenvalue weighted by atomic mass is 16.5. The molecular formula is C26H28O13. The Hall–Kier alpha value is -3.11. The van der Waals surface area contributed by atoms with Gasteiger partial charge in [-0.1, -0.05) is 30.3 Å². The van der Waals surface area contributed by atoms with E-state index in [1.54, 1.807) is 30.3 Å². The minimum absolute atomic E-state index is 0.0120. The number of rotatable bonds is 4. The highest BCUT2D eigenvalue weighted by Gasteiger charge is 2.48. The minimum Gasteiger partial charge on any atom is -0.507 e. The van der Waals surface area contributed by atoms with Gasteiger partial charge in [-0.25, -0.2) is 0 Å². The van der Waals surface area contributed by atoms with E-state index in [4.69, 9.17) is 13.9 Å². The molecule has 3 unspecified atom stereocenters. The zero-order chi connectivity index (χ0) is 28.2. The van der Waals surface area contributed by atoms with Gasteiger partial charge in [0.05, 0.1) is 24.3 Å². The lowest BCUT2D eigenvalue weighted by Gasteiger charge is -2.41. The van der Waals surface area contributed by atoms with Crippen LogP contribution in [0.5, 0.6) is 11.5 Å². The number of phenolic OH excluding ortho intramolecular Hbond substituents is 2. The number of hydrogen-bond donors (Lipinski definition) is 9. The van der Waals surface area contributed by atoms with Crippen molar-refractivity contribution in [2.45, 2.75) is 54.9 Å². The Morgan fingerprint density at radius 2 is 1.46 bits per heavy atom. The Labute approximate surface area is 220 Å². The summed E-state index contributed by atoms with van der Waals surface area (Å²) in [6, 6.07) is 9.42. The third-order valence-corrected chi connectivity index (χ3v) is 7.21. The predicted octanol–water partition coefficient (Wildman–Crippen LogP) is -1.46. The molecule has 39 heavy (non-hydrogen) atoms. The van der Waals surface area contributed by atoms with Crippen molar-refractivity contribution in [3.05, 3.63) is 57.7 Å². The SMILES string of the molecule is O=c1cc(-c2ccccc2)oc2c([C@@H]3OC(CO)[C@@H](O)[C@H](O)C3O)c(O)c([C@@H]3OC[C@H](O)[C@H](O)C3O)c(O)c12. The van der Waals surface area contributed by atoms with Crippen LogP contribution in [0.15, 0.2) is 45.6 Å². The predicted molar refractivity (Wildman–Crippen MR) is 131 cm³/mol. The molecule has 0 aliphatic carbocycles. The van der Waals surface area contributed by atoms with E-state index in [2.05, 4.69) is 0 Å². The molecule has 13 heteroatoms. The molecule has 2 aliphatic rings. The number of hydrogen-bond acceptors (Lipinski definition) is 13. The molecule has 9 atom stereocenters. The molecule has 5 rings (SSSR count). The van der Waals surface area contributed by atoms with Crippen molar-refractivity contribution in [2.75, 3.05) is 13.2 Å². The minimum atomic E-state index is -1.93. The molecule has 1 aromatic heterocycles. The summed E-state index contributed by atoms with van der Waals surface area (Å²) in [6.45, 7) is -1.30. The van der Waals surface area contributed by atoms with Crippen LogP contribution < -0.4 is 5.43 Å². The lowest BCUT2D eigenvalue weighted by atomic mass is 9.85. The number of aliphatic hydroxyl groups is 7. The van der Waals surface area contributed by atoms with Crippen molar-refractivity contribution < 1.29 is 59.8 Å². The second-order valence-corrected chi connectivity index (χ2v) is 9.62. The van der Waals surface area contributed by atoms with E-state index in [-0.39, 0.29) is 5.76 Å². The van der Waals surface area contributed by atoms with Crippen LogP contribution in [0.4, 0.5) is 0 Å². The Morgan fingerprint density at radius 3 is 2.13 bits per heavy atom. The van der Waals surface area contributed by atoms with Crippen LogP contribution in [0.25, 0.3) is 22.3 Å². The highest BCUT2D eigenvalue weighted by Crippen LogP contribution is 2.50. The molecule has 9 N–H and O–H groups in total. The number of aliphatic hydroxyl groups excluding tert-OH is 7. The van der Waals surface area contributed by atoms with Gasteiger partial charge in [-0.3, -0.25) is 4.79 Å². The standard InChI is InChI=1S/C26H28O13/c27-7-13-18(31)21(34)23(36)26(39-13)16-20(33)15(25-22(35)17(30)11(29)8-37-25)19(32)14-10(28)6-12(38-24(14)16)9-4-2-1-3-5-9/h1-6,11,13,17-18,21-23,25-27,29-36H,7-8H2/t11-,13?,17-,18+,21-,22?,23?,25-,26-/m0/s1. The molecule has 2 fully saturated rings. The van der Waals surface area contributed by atoms with Gasteiger partial charge in [0, 0.05) is 11.6 Å². The number of ether oxygens (including phenoxy) is 2. The van der Waals surface area contributed by atoms with Gasteiger partial charge in [-0.05, 0) is 0 Å². The Kier molecular flexibility index (Phi) is 7.37. The molecule has 3 aromatic rings. The molecule has 2 aromatic carbocycles. The van der Waals surface area contributed by atoms with Gasteiger partial charge in [0.2, 0.25) is 0 Å². The van der Waals surface area contributed by atoms with E-state index in [1.807, 2.05) is 0 Å². The van der Waals surface area contributed by atoms with E-state index in [0.717, 1.165) is 6.07 Å². The van der Waals surface area contributed by atoms with E-state index in [1.165, 1.54) is 0 Å². The van der Waals surface area contributed by atoms with E-state index in [9.17, 15) is 50.8 Å². The van der Waals surface area contributed by atoms with Crippen molar-refractivity contribution in [3.63, 3.8) is 0 Å². The van der Waals surface area contributed by atoms with Gasteiger partial charge in [0.1, 0.15) is 77.6 Å². The maximum Gasteiger partial charge on any atom is 0.197 e. The summed E-state index contributed by atoms with van der Waals surface area (Å²) >= 11 is 0. The fraction of sp³-hybridized carbons (Fsp3) is 0.423. The second kappa shape index (κ2) is 10.5. The third-order valence-electron chi connectivity index (χ3n) is 7.21. The van der Waals surface area contributed by atoms with Gasteiger partial charge in [-0.15, -0.1) is 0 Å². The molecule has 0 spiro atoms. The molecule has 0 radical (unpaired) electrons. The summed E-state index contributed by atoms with van der Waals surface area (Å²) in [5.41, 5.74) is -1.84. The summed E-state index contributed by atoms with van der Waals surface area (Å²) < 4.78 is 17.0. The summed E-state index contributed by atoms with van der Waals surface area (Å²) in [6.07, 6.45) is -15.4. The molecular weight excluding hydrogens is 520 g/mol. The quantitative estimate of drug-likeness (QED) is 0.182. The molecule has 3 heterocycles. The normalized spacial score (nSPS) is 33.4. The van der Waals surface area contributed by atoms with E-state index < -0.39 is 107 Å². The van der Waals surface area contributed by atoms with Crippen LogP contribution in [0, 0.1) is 0 Å². The maximum atomic E-state index is 13.4. The van der Waals surface area contributed by atoms with Crippen LogP contribution in [-0.4, -0.2) is 102 Å². The highest BCUT2D eigenvalue weighted by molar-refractivity contribution is 5.91. The summed E-state index contributed by atoms with van der Waals surface area (Å²) in [7, 11) is 0. The Bertz CT molecular complexity index is 1400. The van der Waals surface area contributed by atoms with Crippen molar-refractivity contribution in [3.8, 4) is 22.8 Å². The summed E-state index contributed by atoms with van der Waals surface area (Å²) in [5, 5.41) is 94.0. The van der Waals surface area contributed by atoms with Crippen LogP contribution in [0.3, 0.4) is 0 Å². The maximum absolute atomic E-state index is 13.4. The average molecular weight is 548 g/mol. The lowest BCUT2D eigenvalue weighted by Crippen LogP contribution is -2.55. The van der Waals surface area contributed by atoms with Gasteiger partial charge in [-0.2, -0.15) is 0 Å². The molecule has 0 bridgehead atoms. The second-order valence-electron chi connectivity index (χ2n) is 9.62. The number of aromatic hydroxyl groups is 2. The van der Waals surface area contributed by atoms with Gasteiger partial charge >= 0.3 is 0 Å². The number of phenols is 2. The molecule has 0 saturated carbocycles. The smallest absolute Gasteiger partial charge is 0.197 e. The van der Waals surface area contributed by atoms with Crippen LogP contribution >= 0.6 is 0 Å².